The quantitative estimate of drug-likeness (QED) is 0.503. The first kappa shape index (κ1) is 23.5. The van der Waals surface area contributed by atoms with Crippen LogP contribution >= 0.6 is 0 Å². The van der Waals surface area contributed by atoms with Crippen LogP contribution < -0.4 is 16.4 Å². The van der Waals surface area contributed by atoms with Crippen molar-refractivity contribution in [2.24, 2.45) is 11.8 Å². The number of rotatable bonds is 7. The molecular weight excluding hydrogens is 386 g/mol. The van der Waals surface area contributed by atoms with Gasteiger partial charge in [-0.3, -0.25) is 4.79 Å². The van der Waals surface area contributed by atoms with E-state index < -0.39 is 23.7 Å². The summed E-state index contributed by atoms with van der Waals surface area (Å²) < 4.78 is 5.23. The Morgan fingerprint density at radius 3 is 2.43 bits per heavy atom. The normalized spacial score (nSPS) is 20.1. The molecule has 0 bridgehead atoms. The maximum Gasteiger partial charge on any atom is 0.407 e. The van der Waals surface area contributed by atoms with Gasteiger partial charge in [-0.05, 0) is 70.1 Å². The lowest BCUT2D eigenvalue weighted by atomic mass is 9.81. The molecule has 8 nitrogen and oxygen atoms in total. The van der Waals surface area contributed by atoms with Crippen molar-refractivity contribution in [1.29, 1.82) is 0 Å². The summed E-state index contributed by atoms with van der Waals surface area (Å²) >= 11 is 0. The second kappa shape index (κ2) is 10.3. The number of amides is 2. The van der Waals surface area contributed by atoms with Crippen LogP contribution in [0.1, 0.15) is 52.0 Å². The van der Waals surface area contributed by atoms with E-state index in [0.29, 0.717) is 25.1 Å². The van der Waals surface area contributed by atoms with Gasteiger partial charge < -0.3 is 26.2 Å². The Balaban J connectivity index is 1.79. The molecule has 1 fully saturated rings. The summed E-state index contributed by atoms with van der Waals surface area (Å²) in [5.41, 5.74) is 6.53. The number of nitrogen functional groups attached to an aromatic ring is 1. The summed E-state index contributed by atoms with van der Waals surface area (Å²) in [7, 11) is 0. The van der Waals surface area contributed by atoms with Gasteiger partial charge in [0.25, 0.3) is 0 Å². The van der Waals surface area contributed by atoms with Crippen molar-refractivity contribution in [3.8, 4) is 0 Å². The second-order valence-corrected chi connectivity index (χ2v) is 8.95. The molecule has 1 aromatic carbocycles. The van der Waals surface area contributed by atoms with Gasteiger partial charge in [0.1, 0.15) is 11.6 Å². The maximum absolute atomic E-state index is 12.6. The molecule has 1 atom stereocenters. The van der Waals surface area contributed by atoms with Gasteiger partial charge in [-0.15, -0.1) is 0 Å². The van der Waals surface area contributed by atoms with Gasteiger partial charge in [-0.1, -0.05) is 12.1 Å². The number of anilines is 1. The van der Waals surface area contributed by atoms with E-state index in [2.05, 4.69) is 10.6 Å². The summed E-state index contributed by atoms with van der Waals surface area (Å²) in [6.45, 7) is 5.95. The number of alkyl carbamates (subject to hydrolysis) is 1. The Morgan fingerprint density at radius 2 is 1.87 bits per heavy atom. The molecule has 2 amide bonds. The fourth-order valence-electron chi connectivity index (χ4n) is 3.62. The van der Waals surface area contributed by atoms with Gasteiger partial charge in [-0.2, -0.15) is 0 Å². The highest BCUT2D eigenvalue weighted by Crippen LogP contribution is 2.28. The summed E-state index contributed by atoms with van der Waals surface area (Å²) in [6, 6.07) is 6.00. The third-order valence-corrected chi connectivity index (χ3v) is 5.16. The molecule has 0 aromatic heterocycles. The van der Waals surface area contributed by atoms with E-state index in [9.17, 15) is 19.5 Å². The van der Waals surface area contributed by atoms with Gasteiger partial charge >= 0.3 is 12.1 Å². The highest BCUT2D eigenvalue weighted by molar-refractivity contribution is 5.85. The minimum atomic E-state index is -1.07. The Hall–Kier alpha value is -2.77. The first-order valence-corrected chi connectivity index (χ1v) is 10.4. The Morgan fingerprint density at radius 1 is 1.20 bits per heavy atom. The lowest BCUT2D eigenvalue weighted by molar-refractivity contribution is -0.142. The zero-order valence-corrected chi connectivity index (χ0v) is 17.9. The summed E-state index contributed by atoms with van der Waals surface area (Å²) in [6.07, 6.45) is 2.66. The molecule has 0 spiro atoms. The van der Waals surface area contributed by atoms with Crippen LogP contribution in [-0.4, -0.2) is 41.3 Å². The molecule has 8 heteroatoms. The van der Waals surface area contributed by atoms with E-state index in [0.717, 1.165) is 18.4 Å². The van der Waals surface area contributed by atoms with Gasteiger partial charge in [0, 0.05) is 24.6 Å². The fourth-order valence-corrected chi connectivity index (χ4v) is 3.62. The monoisotopic (exact) mass is 419 g/mol. The first-order chi connectivity index (χ1) is 14.0. The van der Waals surface area contributed by atoms with Crippen molar-refractivity contribution in [3.63, 3.8) is 0 Å². The van der Waals surface area contributed by atoms with E-state index in [1.165, 1.54) is 0 Å². The second-order valence-electron chi connectivity index (χ2n) is 8.95. The molecule has 5 N–H and O–H groups in total. The average Bonchev–Trinajstić information content (AvgIpc) is 2.65. The number of carboxylic acid groups (broad SMARTS) is 1. The number of hydrogen-bond acceptors (Lipinski definition) is 5. The van der Waals surface area contributed by atoms with Crippen LogP contribution in [0.25, 0.3) is 0 Å². The number of nitrogens with one attached hydrogen (secondary N) is 2. The average molecular weight is 420 g/mol. The molecule has 2 rings (SSSR count). The predicted octanol–water partition coefficient (Wildman–Crippen LogP) is 2.71. The Bertz CT molecular complexity index is 751. The third-order valence-electron chi connectivity index (χ3n) is 5.16. The molecule has 1 aliphatic rings. The topological polar surface area (TPSA) is 131 Å². The van der Waals surface area contributed by atoms with E-state index in [-0.39, 0.29) is 24.2 Å². The minimum absolute atomic E-state index is 0.182. The highest BCUT2D eigenvalue weighted by Gasteiger charge is 2.30. The van der Waals surface area contributed by atoms with Crippen LogP contribution in [0, 0.1) is 11.8 Å². The largest absolute Gasteiger partial charge is 0.480 e. The van der Waals surface area contributed by atoms with Crippen molar-refractivity contribution in [3.05, 3.63) is 29.8 Å². The molecular formula is C22H33N3O5. The van der Waals surface area contributed by atoms with Crippen molar-refractivity contribution in [2.45, 2.75) is 64.5 Å². The summed E-state index contributed by atoms with van der Waals surface area (Å²) in [5, 5.41) is 15.0. The summed E-state index contributed by atoms with van der Waals surface area (Å²) in [4.78, 5) is 36.0. The van der Waals surface area contributed by atoms with Gasteiger partial charge in [0.2, 0.25) is 5.91 Å². The molecule has 1 aromatic rings. The molecule has 0 aliphatic heterocycles. The predicted molar refractivity (Wildman–Crippen MR) is 114 cm³/mol. The SMILES string of the molecule is CC(C)(C)OC(=O)NCC1CCC(C(=O)NC(Cc2cccc(N)c2)C(=O)O)CC1. The molecule has 0 radical (unpaired) electrons. The number of carbonyl (C=O) groups excluding carboxylic acids is 2. The number of carboxylic acids is 1. The zero-order chi connectivity index (χ0) is 22.3. The van der Waals surface area contributed by atoms with Crippen LogP contribution in [0.2, 0.25) is 0 Å². The minimum Gasteiger partial charge on any atom is -0.480 e. The molecule has 166 valence electrons. The van der Waals surface area contributed by atoms with Crippen molar-refractivity contribution in [1.82, 2.24) is 10.6 Å². The molecule has 0 heterocycles. The number of ether oxygens (including phenoxy) is 1. The third kappa shape index (κ3) is 7.93. The van der Waals surface area contributed by atoms with Crippen LogP contribution in [0.4, 0.5) is 10.5 Å². The molecule has 30 heavy (non-hydrogen) atoms. The molecule has 1 saturated carbocycles. The standard InChI is InChI=1S/C22H33N3O5/c1-22(2,3)30-21(29)24-13-14-7-9-16(10-8-14)19(26)25-18(20(27)28)12-15-5-4-6-17(23)11-15/h4-6,11,14,16,18H,7-10,12-13,23H2,1-3H3,(H,24,29)(H,25,26)(H,27,28). The molecule has 0 saturated heterocycles. The first-order valence-electron chi connectivity index (χ1n) is 10.4. The fraction of sp³-hybridized carbons (Fsp3) is 0.591. The smallest absolute Gasteiger partial charge is 0.407 e. The zero-order valence-electron chi connectivity index (χ0n) is 17.9. The van der Waals surface area contributed by atoms with Crippen LogP contribution in [0.3, 0.4) is 0 Å². The maximum atomic E-state index is 12.6. The number of benzene rings is 1. The van der Waals surface area contributed by atoms with Crippen LogP contribution in [0.15, 0.2) is 24.3 Å². The number of aliphatic carboxylic acids is 1. The van der Waals surface area contributed by atoms with E-state index in [1.807, 2.05) is 20.8 Å². The van der Waals surface area contributed by atoms with Crippen molar-refractivity contribution in [2.75, 3.05) is 12.3 Å². The Labute approximate surface area is 177 Å². The highest BCUT2D eigenvalue weighted by atomic mass is 16.6. The van der Waals surface area contributed by atoms with E-state index in [4.69, 9.17) is 10.5 Å². The lowest BCUT2D eigenvalue weighted by Crippen LogP contribution is -2.46. The number of nitrogens with two attached hydrogens (primary N) is 1. The van der Waals surface area contributed by atoms with Crippen LogP contribution in [-0.2, 0) is 20.7 Å². The van der Waals surface area contributed by atoms with Crippen LogP contribution in [0.5, 0.6) is 0 Å². The van der Waals surface area contributed by atoms with Gasteiger partial charge in [0.05, 0.1) is 0 Å². The summed E-state index contributed by atoms with van der Waals surface area (Å²) in [5.74, 6) is -1.24. The molecule has 1 aliphatic carbocycles. The van der Waals surface area contributed by atoms with E-state index in [1.54, 1.807) is 24.3 Å². The number of carbonyl (C=O) groups is 3. The number of hydrogen-bond donors (Lipinski definition) is 4. The van der Waals surface area contributed by atoms with Crippen molar-refractivity contribution >= 4 is 23.7 Å². The van der Waals surface area contributed by atoms with Crippen molar-refractivity contribution < 1.29 is 24.2 Å². The molecule has 1 unspecified atom stereocenters. The Kier molecular flexibility index (Phi) is 8.08. The lowest BCUT2D eigenvalue weighted by Gasteiger charge is -2.29. The van der Waals surface area contributed by atoms with Gasteiger partial charge in [-0.25, -0.2) is 9.59 Å². The van der Waals surface area contributed by atoms with E-state index >= 15 is 0 Å². The van der Waals surface area contributed by atoms with Gasteiger partial charge in [0.15, 0.2) is 0 Å².